The first kappa shape index (κ1) is 24.9. The van der Waals surface area contributed by atoms with Gasteiger partial charge in [-0.15, -0.1) is 13.2 Å². The highest BCUT2D eigenvalue weighted by atomic mass is 17.1. The van der Waals surface area contributed by atoms with Crippen LogP contribution < -0.4 is 0 Å². The summed E-state index contributed by atoms with van der Waals surface area (Å²) in [5.41, 5.74) is 0. The van der Waals surface area contributed by atoms with Crippen LogP contribution in [0.2, 0.25) is 0 Å². The molecule has 0 saturated heterocycles. The van der Waals surface area contributed by atoms with Gasteiger partial charge in [0.1, 0.15) is 0 Å². The molecule has 0 heterocycles. The van der Waals surface area contributed by atoms with Crippen molar-refractivity contribution < 1.29 is 50.3 Å². The van der Waals surface area contributed by atoms with Gasteiger partial charge in [-0.1, -0.05) is 12.2 Å². The summed E-state index contributed by atoms with van der Waals surface area (Å²) in [5, 5.41) is 42.9. The van der Waals surface area contributed by atoms with Crippen molar-refractivity contribution >= 4 is 12.3 Å². The van der Waals surface area contributed by atoms with Crippen LogP contribution in [0.15, 0.2) is 25.3 Å². The molecule has 0 aliphatic carbocycles. The van der Waals surface area contributed by atoms with E-state index in [0.717, 1.165) is 0 Å². The molecule has 0 aromatic heterocycles. The quantitative estimate of drug-likeness (QED) is 0.251. The Balaban J connectivity index is -0.0000000731. The van der Waals surface area contributed by atoms with E-state index in [1.807, 2.05) is 0 Å². The molecule has 0 aromatic rings. The number of carbonyl (C=O) groups is 2. The van der Waals surface area contributed by atoms with Gasteiger partial charge in [-0.05, 0) is 0 Å². The highest BCUT2D eigenvalue weighted by Crippen LogP contribution is 1.60. The van der Waals surface area contributed by atoms with Crippen molar-refractivity contribution in [1.29, 1.82) is 0 Å². The first-order valence-electron chi connectivity index (χ1n) is 3.88. The molecular formula is C8H16O10. The minimum Gasteiger partial charge on any atom is -0.450 e. The van der Waals surface area contributed by atoms with Gasteiger partial charge in [0.15, 0.2) is 0 Å². The van der Waals surface area contributed by atoms with E-state index in [4.69, 9.17) is 40.5 Å². The zero-order valence-corrected chi connectivity index (χ0v) is 9.30. The normalized spacial score (nSPS) is 6.78. The Labute approximate surface area is 102 Å². The lowest BCUT2D eigenvalue weighted by molar-refractivity contribution is -0.231. The third kappa shape index (κ3) is 663. The van der Waals surface area contributed by atoms with Crippen LogP contribution in [0.5, 0.6) is 0 Å². The molecule has 0 atom stereocenters. The molecule has 0 radical (unpaired) electrons. The van der Waals surface area contributed by atoms with E-state index in [-0.39, 0.29) is 13.2 Å². The van der Waals surface area contributed by atoms with Crippen molar-refractivity contribution in [2.75, 3.05) is 13.2 Å². The SMILES string of the molecule is C=CCOO.C=CCOO.O=C(O)O.O=C(O)O. The van der Waals surface area contributed by atoms with Gasteiger partial charge in [-0.3, -0.25) is 10.5 Å². The summed E-state index contributed by atoms with van der Waals surface area (Å²) in [4.78, 5) is 24.3. The van der Waals surface area contributed by atoms with E-state index in [9.17, 15) is 0 Å². The van der Waals surface area contributed by atoms with Crippen LogP contribution in [0.1, 0.15) is 0 Å². The van der Waals surface area contributed by atoms with E-state index in [1.165, 1.54) is 12.2 Å². The first-order chi connectivity index (χ1) is 8.29. The highest BCUT2D eigenvalue weighted by molar-refractivity contribution is 5.53. The van der Waals surface area contributed by atoms with Gasteiger partial charge in [-0.2, -0.15) is 0 Å². The maximum absolute atomic E-state index is 8.56. The van der Waals surface area contributed by atoms with E-state index in [0.29, 0.717) is 0 Å². The van der Waals surface area contributed by atoms with E-state index in [1.54, 1.807) is 0 Å². The van der Waals surface area contributed by atoms with E-state index >= 15 is 0 Å². The zero-order chi connectivity index (χ0) is 15.4. The molecule has 0 aromatic carbocycles. The van der Waals surface area contributed by atoms with Crippen molar-refractivity contribution in [2.24, 2.45) is 0 Å². The Morgan fingerprint density at radius 2 is 1.00 bits per heavy atom. The Morgan fingerprint density at radius 1 is 0.833 bits per heavy atom. The van der Waals surface area contributed by atoms with Crippen molar-refractivity contribution in [3.63, 3.8) is 0 Å². The molecule has 10 heteroatoms. The summed E-state index contributed by atoms with van der Waals surface area (Å²) < 4.78 is 0. The molecular weight excluding hydrogens is 256 g/mol. The van der Waals surface area contributed by atoms with Crippen LogP contribution >= 0.6 is 0 Å². The van der Waals surface area contributed by atoms with Gasteiger partial charge < -0.3 is 20.4 Å². The molecule has 6 N–H and O–H groups in total. The van der Waals surface area contributed by atoms with Gasteiger partial charge in [0.25, 0.3) is 0 Å². The van der Waals surface area contributed by atoms with Gasteiger partial charge in [-0.25, -0.2) is 19.4 Å². The van der Waals surface area contributed by atoms with Crippen LogP contribution in [0, 0.1) is 0 Å². The van der Waals surface area contributed by atoms with Crippen LogP contribution in [-0.4, -0.2) is 56.5 Å². The summed E-state index contributed by atoms with van der Waals surface area (Å²) in [5.74, 6) is 0. The number of carboxylic acid groups (broad SMARTS) is 4. The molecule has 18 heavy (non-hydrogen) atoms. The Hall–Kier alpha value is -2.14. The second-order valence-corrected chi connectivity index (χ2v) is 1.73. The minimum absolute atomic E-state index is 0.208. The third-order valence-electron chi connectivity index (χ3n) is 0.385. The van der Waals surface area contributed by atoms with Crippen LogP contribution in [-0.2, 0) is 9.78 Å². The molecule has 0 spiro atoms. The number of rotatable bonds is 4. The predicted molar refractivity (Wildman–Crippen MR) is 58.9 cm³/mol. The second kappa shape index (κ2) is 29.4. The standard InChI is InChI=1S/2C3H6O2.2CH2O3/c2*1-2-3-5-4;2*2-1(3)4/h2*2,4H,1,3H2;2*(H2,2,3,4). The topological polar surface area (TPSA) is 174 Å². The fraction of sp³-hybridized carbons (Fsp3) is 0.250. The van der Waals surface area contributed by atoms with Crippen LogP contribution in [0.4, 0.5) is 9.59 Å². The lowest BCUT2D eigenvalue weighted by Crippen LogP contribution is -1.81. The van der Waals surface area contributed by atoms with Crippen molar-refractivity contribution in [2.45, 2.75) is 0 Å². The average molecular weight is 272 g/mol. The fourth-order valence-corrected chi connectivity index (χ4v) is 0.105. The molecule has 108 valence electrons. The van der Waals surface area contributed by atoms with Gasteiger partial charge in [0, 0.05) is 0 Å². The van der Waals surface area contributed by atoms with Crippen molar-refractivity contribution in [1.82, 2.24) is 0 Å². The fourth-order valence-electron chi connectivity index (χ4n) is 0.105. The maximum Gasteiger partial charge on any atom is 0.503 e. The molecule has 10 nitrogen and oxygen atoms in total. The minimum atomic E-state index is -1.83. The molecule has 0 aliphatic heterocycles. The molecule has 0 unspecified atom stereocenters. The van der Waals surface area contributed by atoms with Crippen molar-refractivity contribution in [3.05, 3.63) is 25.3 Å². The van der Waals surface area contributed by atoms with Gasteiger partial charge in [0.2, 0.25) is 0 Å². The molecule has 0 amide bonds. The molecule has 0 saturated carbocycles. The Kier molecular flexibility index (Phi) is 40.6. The predicted octanol–water partition coefficient (Wildman–Crippen LogP) is 1.77. The number of hydrogen-bond acceptors (Lipinski definition) is 6. The Bertz CT molecular complexity index is 172. The molecule has 0 fully saturated rings. The zero-order valence-electron chi connectivity index (χ0n) is 9.30. The summed E-state index contributed by atoms with van der Waals surface area (Å²) in [7, 11) is 0. The second-order valence-electron chi connectivity index (χ2n) is 1.73. The third-order valence-corrected chi connectivity index (χ3v) is 0.385. The lowest BCUT2D eigenvalue weighted by Gasteiger charge is -1.76. The van der Waals surface area contributed by atoms with Crippen LogP contribution in [0.25, 0.3) is 0 Å². The molecule has 0 aliphatic rings. The summed E-state index contributed by atoms with van der Waals surface area (Å²) in [6.45, 7) is 6.95. The smallest absolute Gasteiger partial charge is 0.450 e. The highest BCUT2D eigenvalue weighted by Gasteiger charge is 1.70. The maximum atomic E-state index is 8.56. The first-order valence-corrected chi connectivity index (χ1v) is 3.88. The molecule has 0 bridgehead atoms. The van der Waals surface area contributed by atoms with Gasteiger partial charge in [0.05, 0.1) is 13.2 Å². The Morgan fingerprint density at radius 3 is 1.00 bits per heavy atom. The summed E-state index contributed by atoms with van der Waals surface area (Å²) >= 11 is 0. The summed E-state index contributed by atoms with van der Waals surface area (Å²) in [6.07, 6.45) is -0.750. The van der Waals surface area contributed by atoms with Crippen molar-refractivity contribution in [3.8, 4) is 0 Å². The molecule has 0 rings (SSSR count). The monoisotopic (exact) mass is 272 g/mol. The van der Waals surface area contributed by atoms with Crippen LogP contribution in [0.3, 0.4) is 0 Å². The summed E-state index contributed by atoms with van der Waals surface area (Å²) in [6, 6.07) is 0. The largest absolute Gasteiger partial charge is 0.503 e. The lowest BCUT2D eigenvalue weighted by atomic mass is 10.7. The number of hydrogen-bond donors (Lipinski definition) is 6. The van der Waals surface area contributed by atoms with Gasteiger partial charge >= 0.3 is 12.3 Å². The van der Waals surface area contributed by atoms with E-state index in [2.05, 4.69) is 22.9 Å². The van der Waals surface area contributed by atoms with E-state index < -0.39 is 12.3 Å². The average Bonchev–Trinajstić information content (AvgIpc) is 2.19.